The number of aliphatic carboxylic acids is 1. The molecule has 0 bridgehead atoms. The summed E-state index contributed by atoms with van der Waals surface area (Å²) in [5, 5.41) is 11.6. The van der Waals surface area contributed by atoms with Crippen molar-refractivity contribution >= 4 is 23.6 Å². The normalized spacial score (nSPS) is 16.8. The van der Waals surface area contributed by atoms with Crippen LogP contribution in [0.4, 0.5) is 0 Å². The summed E-state index contributed by atoms with van der Waals surface area (Å²) in [6, 6.07) is 0. The molecule has 1 amide bonds. The zero-order valence-electron chi connectivity index (χ0n) is 9.62. The summed E-state index contributed by atoms with van der Waals surface area (Å²) in [5.74, 6) is 0.601. The van der Waals surface area contributed by atoms with Crippen molar-refractivity contribution in [3.8, 4) is 0 Å². The van der Waals surface area contributed by atoms with Crippen molar-refractivity contribution in [2.45, 2.75) is 32.6 Å². The summed E-state index contributed by atoms with van der Waals surface area (Å²) in [7, 11) is 0. The third-order valence-electron chi connectivity index (χ3n) is 2.81. The Bertz CT molecular complexity index is 264. The minimum Gasteiger partial charge on any atom is -0.481 e. The molecule has 0 aromatic carbocycles. The molecule has 0 aliphatic heterocycles. The van der Waals surface area contributed by atoms with Crippen LogP contribution in [0, 0.1) is 5.41 Å². The van der Waals surface area contributed by atoms with Crippen LogP contribution in [0.1, 0.15) is 32.6 Å². The standard InChI is InChI=1S/C11H19NO3S/c1-2-3-6-16-7-9(13)12-8-11(4-5-11)10(14)15/h2-8H2,1H3,(H,12,13)(H,14,15). The van der Waals surface area contributed by atoms with Gasteiger partial charge in [0.15, 0.2) is 0 Å². The van der Waals surface area contributed by atoms with Crippen molar-refractivity contribution in [3.05, 3.63) is 0 Å². The van der Waals surface area contributed by atoms with Crippen LogP contribution < -0.4 is 5.32 Å². The monoisotopic (exact) mass is 245 g/mol. The van der Waals surface area contributed by atoms with E-state index in [-0.39, 0.29) is 12.5 Å². The number of hydrogen-bond donors (Lipinski definition) is 2. The van der Waals surface area contributed by atoms with Gasteiger partial charge in [-0.1, -0.05) is 13.3 Å². The van der Waals surface area contributed by atoms with Crippen LogP contribution in [-0.4, -0.2) is 35.0 Å². The molecule has 0 atom stereocenters. The molecule has 1 fully saturated rings. The van der Waals surface area contributed by atoms with Gasteiger partial charge in [-0.25, -0.2) is 0 Å². The Labute approximate surface area is 100 Å². The number of carboxylic acids is 1. The van der Waals surface area contributed by atoms with Gasteiger partial charge in [0.2, 0.25) is 5.91 Å². The molecular weight excluding hydrogens is 226 g/mol. The van der Waals surface area contributed by atoms with Crippen molar-refractivity contribution in [2.75, 3.05) is 18.1 Å². The zero-order chi connectivity index (χ0) is 12.0. The number of unbranched alkanes of at least 4 members (excludes halogenated alkanes) is 1. The molecule has 1 saturated carbocycles. The number of nitrogens with one attached hydrogen (secondary N) is 1. The van der Waals surface area contributed by atoms with E-state index in [0.29, 0.717) is 18.6 Å². The molecule has 92 valence electrons. The highest BCUT2D eigenvalue weighted by atomic mass is 32.2. The van der Waals surface area contributed by atoms with Crippen molar-refractivity contribution in [1.29, 1.82) is 0 Å². The smallest absolute Gasteiger partial charge is 0.311 e. The Kier molecular flexibility index (Phi) is 5.12. The third-order valence-corrected chi connectivity index (χ3v) is 3.85. The molecule has 4 nitrogen and oxygen atoms in total. The maximum atomic E-state index is 11.4. The fraction of sp³-hybridized carbons (Fsp3) is 0.818. The molecule has 1 aliphatic rings. The molecule has 0 heterocycles. The van der Waals surface area contributed by atoms with E-state index < -0.39 is 11.4 Å². The van der Waals surface area contributed by atoms with Gasteiger partial charge in [0, 0.05) is 6.54 Å². The topological polar surface area (TPSA) is 66.4 Å². The van der Waals surface area contributed by atoms with E-state index in [2.05, 4.69) is 12.2 Å². The van der Waals surface area contributed by atoms with Gasteiger partial charge in [0.1, 0.15) is 0 Å². The van der Waals surface area contributed by atoms with Crippen molar-refractivity contribution in [3.63, 3.8) is 0 Å². The van der Waals surface area contributed by atoms with Gasteiger partial charge < -0.3 is 10.4 Å². The van der Waals surface area contributed by atoms with Crippen LogP contribution in [0.3, 0.4) is 0 Å². The summed E-state index contributed by atoms with van der Waals surface area (Å²) in [5.41, 5.74) is -0.649. The van der Waals surface area contributed by atoms with E-state index in [9.17, 15) is 9.59 Å². The van der Waals surface area contributed by atoms with Gasteiger partial charge in [-0.05, 0) is 25.0 Å². The lowest BCUT2D eigenvalue weighted by atomic mass is 10.1. The van der Waals surface area contributed by atoms with Crippen molar-refractivity contribution < 1.29 is 14.7 Å². The molecule has 1 aliphatic carbocycles. The SMILES string of the molecule is CCCCSCC(=O)NCC1(C(=O)O)CC1. The number of hydrogen-bond acceptors (Lipinski definition) is 3. The number of thioether (sulfide) groups is 1. The van der Waals surface area contributed by atoms with Gasteiger partial charge in [0.25, 0.3) is 0 Å². The fourth-order valence-corrected chi connectivity index (χ4v) is 2.27. The Balaban J connectivity index is 2.09. The summed E-state index contributed by atoms with van der Waals surface area (Å²) >= 11 is 1.61. The summed E-state index contributed by atoms with van der Waals surface area (Å²) in [6.45, 7) is 2.40. The number of carboxylic acid groups (broad SMARTS) is 1. The lowest BCUT2D eigenvalue weighted by Gasteiger charge is -2.10. The second kappa shape index (κ2) is 6.13. The molecule has 0 unspecified atom stereocenters. The van der Waals surface area contributed by atoms with E-state index >= 15 is 0 Å². The highest BCUT2D eigenvalue weighted by Crippen LogP contribution is 2.45. The quantitative estimate of drug-likeness (QED) is 0.636. The van der Waals surface area contributed by atoms with Gasteiger partial charge in [-0.15, -0.1) is 0 Å². The Morgan fingerprint density at radius 1 is 1.44 bits per heavy atom. The number of carbonyl (C=O) groups excluding carboxylic acids is 1. The molecule has 0 spiro atoms. The fourth-order valence-electron chi connectivity index (χ4n) is 1.35. The van der Waals surface area contributed by atoms with E-state index in [1.54, 1.807) is 11.8 Å². The average Bonchev–Trinajstić information content (AvgIpc) is 3.03. The second-order valence-electron chi connectivity index (χ2n) is 4.27. The van der Waals surface area contributed by atoms with E-state index in [0.717, 1.165) is 18.6 Å². The van der Waals surface area contributed by atoms with Crippen LogP contribution in [0.15, 0.2) is 0 Å². The van der Waals surface area contributed by atoms with Crippen molar-refractivity contribution in [1.82, 2.24) is 5.32 Å². The second-order valence-corrected chi connectivity index (χ2v) is 5.37. The predicted molar refractivity (Wildman–Crippen MR) is 64.5 cm³/mol. The van der Waals surface area contributed by atoms with Gasteiger partial charge >= 0.3 is 5.97 Å². The molecule has 5 heteroatoms. The molecule has 2 N–H and O–H groups in total. The largest absolute Gasteiger partial charge is 0.481 e. The summed E-state index contributed by atoms with van der Waals surface area (Å²) < 4.78 is 0. The minimum atomic E-state index is -0.786. The Morgan fingerprint density at radius 2 is 2.12 bits per heavy atom. The van der Waals surface area contributed by atoms with E-state index in [1.807, 2.05) is 0 Å². The molecule has 0 radical (unpaired) electrons. The molecule has 0 aromatic rings. The Hall–Kier alpha value is -0.710. The summed E-state index contributed by atoms with van der Waals surface area (Å²) in [6.07, 6.45) is 3.63. The van der Waals surface area contributed by atoms with Crippen LogP contribution in [0.5, 0.6) is 0 Å². The molecule has 16 heavy (non-hydrogen) atoms. The van der Waals surface area contributed by atoms with Gasteiger partial charge in [0.05, 0.1) is 11.2 Å². The highest BCUT2D eigenvalue weighted by molar-refractivity contribution is 7.99. The first kappa shape index (κ1) is 13.4. The molecular formula is C11H19NO3S. The number of amides is 1. The van der Waals surface area contributed by atoms with Crippen LogP contribution in [-0.2, 0) is 9.59 Å². The molecule has 1 rings (SSSR count). The lowest BCUT2D eigenvalue weighted by Crippen LogP contribution is -2.35. The average molecular weight is 245 g/mol. The first-order valence-electron chi connectivity index (χ1n) is 5.68. The maximum Gasteiger partial charge on any atom is 0.311 e. The summed E-state index contributed by atoms with van der Waals surface area (Å²) in [4.78, 5) is 22.2. The zero-order valence-corrected chi connectivity index (χ0v) is 10.4. The molecule has 0 aromatic heterocycles. The number of rotatable bonds is 8. The minimum absolute atomic E-state index is 0.0476. The molecule has 0 saturated heterocycles. The maximum absolute atomic E-state index is 11.4. The first-order chi connectivity index (χ1) is 7.60. The Morgan fingerprint density at radius 3 is 2.62 bits per heavy atom. The van der Waals surface area contributed by atoms with Crippen molar-refractivity contribution in [2.24, 2.45) is 5.41 Å². The third kappa shape index (κ3) is 4.04. The predicted octanol–water partition coefficient (Wildman–Crippen LogP) is 1.50. The van der Waals surface area contributed by atoms with Crippen LogP contribution in [0.25, 0.3) is 0 Å². The van der Waals surface area contributed by atoms with Crippen LogP contribution in [0.2, 0.25) is 0 Å². The first-order valence-corrected chi connectivity index (χ1v) is 6.84. The van der Waals surface area contributed by atoms with E-state index in [4.69, 9.17) is 5.11 Å². The van der Waals surface area contributed by atoms with Gasteiger partial charge in [-0.3, -0.25) is 9.59 Å². The van der Waals surface area contributed by atoms with Gasteiger partial charge in [-0.2, -0.15) is 11.8 Å². The highest BCUT2D eigenvalue weighted by Gasteiger charge is 2.50. The van der Waals surface area contributed by atoms with E-state index in [1.165, 1.54) is 0 Å². The lowest BCUT2D eigenvalue weighted by molar-refractivity contribution is -0.143. The van der Waals surface area contributed by atoms with Crippen LogP contribution >= 0.6 is 11.8 Å². The number of carbonyl (C=O) groups is 2.